The predicted molar refractivity (Wildman–Crippen MR) is 68.7 cm³/mol. The number of rotatable bonds is 3. The number of furan rings is 1. The molecule has 0 aliphatic rings. The van der Waals surface area contributed by atoms with Gasteiger partial charge >= 0.3 is 0 Å². The number of hydrogen-bond donors (Lipinski definition) is 1. The summed E-state index contributed by atoms with van der Waals surface area (Å²) in [7, 11) is 0. The quantitative estimate of drug-likeness (QED) is 0.943. The molecule has 2 aromatic rings. The van der Waals surface area contributed by atoms with Crippen LogP contribution in [0.25, 0.3) is 0 Å². The summed E-state index contributed by atoms with van der Waals surface area (Å²) in [6.07, 6.45) is 0. The maximum atomic E-state index is 13.7. The van der Waals surface area contributed by atoms with E-state index >= 15 is 0 Å². The second-order valence-corrected chi connectivity index (χ2v) is 4.65. The van der Waals surface area contributed by atoms with E-state index in [9.17, 15) is 9.18 Å². The van der Waals surface area contributed by atoms with E-state index in [0.29, 0.717) is 5.76 Å². The zero-order valence-corrected chi connectivity index (χ0v) is 11.3. The lowest BCUT2D eigenvalue weighted by Gasteiger charge is -2.05. The Morgan fingerprint density at radius 1 is 1.39 bits per heavy atom. The third-order valence-electron chi connectivity index (χ3n) is 2.42. The molecule has 5 heteroatoms. The van der Waals surface area contributed by atoms with Crippen molar-refractivity contribution in [1.29, 1.82) is 0 Å². The number of hydrogen-bond acceptors (Lipinski definition) is 2. The number of nitrogens with one attached hydrogen (secondary N) is 1. The molecule has 0 atom stereocenters. The molecule has 0 unspecified atom stereocenters. The summed E-state index contributed by atoms with van der Waals surface area (Å²) >= 11 is 3.04. The lowest BCUT2D eigenvalue weighted by molar-refractivity contribution is 0.0943. The molecule has 0 saturated heterocycles. The molecule has 0 fully saturated rings. The van der Waals surface area contributed by atoms with Crippen molar-refractivity contribution in [3.05, 3.63) is 57.7 Å². The van der Waals surface area contributed by atoms with E-state index in [0.717, 1.165) is 5.76 Å². The van der Waals surface area contributed by atoms with Crippen molar-refractivity contribution < 1.29 is 13.6 Å². The minimum absolute atomic E-state index is 0.00709. The van der Waals surface area contributed by atoms with E-state index in [1.54, 1.807) is 24.3 Å². The molecule has 0 aliphatic carbocycles. The Labute approximate surface area is 112 Å². The molecule has 0 aliphatic heterocycles. The average molecular weight is 312 g/mol. The monoisotopic (exact) mass is 311 g/mol. The van der Waals surface area contributed by atoms with E-state index < -0.39 is 11.7 Å². The van der Waals surface area contributed by atoms with Crippen molar-refractivity contribution in [3.8, 4) is 0 Å². The van der Waals surface area contributed by atoms with Crippen LogP contribution in [0, 0.1) is 12.7 Å². The summed E-state index contributed by atoms with van der Waals surface area (Å²) in [5.74, 6) is 0.373. The standard InChI is InChI=1S/C13H11BrFNO2/c1-8-5-6-9(18-8)7-16-13(17)10-3-2-4-11(14)12(10)15/h2-6H,7H2,1H3,(H,16,17). The molecule has 0 spiro atoms. The highest BCUT2D eigenvalue weighted by atomic mass is 79.9. The number of aryl methyl sites for hydroxylation is 1. The first kappa shape index (κ1) is 12.8. The molecule has 3 nitrogen and oxygen atoms in total. The van der Waals surface area contributed by atoms with Crippen LogP contribution in [0.5, 0.6) is 0 Å². The largest absolute Gasteiger partial charge is 0.465 e. The van der Waals surface area contributed by atoms with Crippen LogP contribution in [0.4, 0.5) is 4.39 Å². The van der Waals surface area contributed by atoms with Gasteiger partial charge in [0.25, 0.3) is 5.91 Å². The molecule has 1 heterocycles. The first-order valence-electron chi connectivity index (χ1n) is 5.35. The van der Waals surface area contributed by atoms with Crippen molar-refractivity contribution in [2.24, 2.45) is 0 Å². The number of amides is 1. The van der Waals surface area contributed by atoms with Crippen LogP contribution < -0.4 is 5.32 Å². The summed E-state index contributed by atoms with van der Waals surface area (Å²) in [5.41, 5.74) is 0.00709. The zero-order valence-electron chi connectivity index (χ0n) is 9.67. The Balaban J connectivity index is 2.06. The van der Waals surface area contributed by atoms with Crippen LogP contribution in [0.3, 0.4) is 0 Å². The summed E-state index contributed by atoms with van der Waals surface area (Å²) in [5, 5.41) is 2.60. The number of halogens is 2. The second kappa shape index (κ2) is 5.35. The average Bonchev–Trinajstić information content (AvgIpc) is 2.76. The van der Waals surface area contributed by atoms with Crippen LogP contribution in [0.2, 0.25) is 0 Å². The van der Waals surface area contributed by atoms with Gasteiger partial charge in [0.2, 0.25) is 0 Å². The highest BCUT2D eigenvalue weighted by Crippen LogP contribution is 2.18. The smallest absolute Gasteiger partial charge is 0.254 e. The van der Waals surface area contributed by atoms with E-state index in [4.69, 9.17) is 4.42 Å². The molecule has 1 aromatic carbocycles. The van der Waals surface area contributed by atoms with Gasteiger partial charge in [0, 0.05) is 0 Å². The Morgan fingerprint density at radius 3 is 2.83 bits per heavy atom. The van der Waals surface area contributed by atoms with Crippen LogP contribution in [-0.4, -0.2) is 5.91 Å². The van der Waals surface area contributed by atoms with E-state index in [1.807, 2.05) is 6.92 Å². The molecular weight excluding hydrogens is 301 g/mol. The molecule has 0 bridgehead atoms. The molecule has 2 rings (SSSR count). The molecular formula is C13H11BrFNO2. The fraction of sp³-hybridized carbons (Fsp3) is 0.154. The van der Waals surface area contributed by atoms with Gasteiger partial charge < -0.3 is 9.73 Å². The Hall–Kier alpha value is -1.62. The first-order valence-corrected chi connectivity index (χ1v) is 6.15. The maximum Gasteiger partial charge on any atom is 0.254 e. The SMILES string of the molecule is Cc1ccc(CNC(=O)c2cccc(Br)c2F)o1. The first-order chi connectivity index (χ1) is 8.58. The Kier molecular flexibility index (Phi) is 3.81. The fourth-order valence-corrected chi connectivity index (χ4v) is 1.89. The van der Waals surface area contributed by atoms with Gasteiger partial charge in [-0.2, -0.15) is 0 Å². The Bertz CT molecular complexity index is 580. The van der Waals surface area contributed by atoms with Crippen LogP contribution in [-0.2, 0) is 6.54 Å². The lowest BCUT2D eigenvalue weighted by Crippen LogP contribution is -2.23. The maximum absolute atomic E-state index is 13.7. The highest BCUT2D eigenvalue weighted by Gasteiger charge is 2.13. The minimum atomic E-state index is -0.564. The van der Waals surface area contributed by atoms with Crippen LogP contribution in [0.1, 0.15) is 21.9 Å². The van der Waals surface area contributed by atoms with Gasteiger partial charge in [-0.15, -0.1) is 0 Å². The third kappa shape index (κ3) is 2.79. The molecule has 94 valence electrons. The van der Waals surface area contributed by atoms with Crippen molar-refractivity contribution in [1.82, 2.24) is 5.32 Å². The van der Waals surface area contributed by atoms with Gasteiger partial charge in [-0.3, -0.25) is 4.79 Å². The molecule has 18 heavy (non-hydrogen) atoms. The summed E-state index contributed by atoms with van der Waals surface area (Å²) in [6, 6.07) is 8.16. The van der Waals surface area contributed by atoms with Gasteiger partial charge in [0.05, 0.1) is 16.6 Å². The lowest BCUT2D eigenvalue weighted by atomic mass is 10.2. The molecule has 0 saturated carbocycles. The number of benzene rings is 1. The Morgan fingerprint density at radius 2 is 2.17 bits per heavy atom. The predicted octanol–water partition coefficient (Wildman–Crippen LogP) is 3.42. The number of carbonyl (C=O) groups excluding carboxylic acids is 1. The molecule has 1 N–H and O–H groups in total. The van der Waals surface area contributed by atoms with Gasteiger partial charge in [-0.1, -0.05) is 6.07 Å². The normalized spacial score (nSPS) is 10.4. The van der Waals surface area contributed by atoms with Gasteiger partial charge in [-0.05, 0) is 47.1 Å². The zero-order chi connectivity index (χ0) is 13.1. The summed E-state index contributed by atoms with van der Waals surface area (Å²) in [6.45, 7) is 2.05. The van der Waals surface area contributed by atoms with Gasteiger partial charge in [0.1, 0.15) is 17.3 Å². The second-order valence-electron chi connectivity index (χ2n) is 3.80. The molecule has 1 aromatic heterocycles. The molecule has 0 radical (unpaired) electrons. The van der Waals surface area contributed by atoms with Crippen LogP contribution in [0.15, 0.2) is 39.2 Å². The summed E-state index contributed by atoms with van der Waals surface area (Å²) < 4.78 is 19.2. The van der Waals surface area contributed by atoms with E-state index in [1.165, 1.54) is 6.07 Å². The highest BCUT2D eigenvalue weighted by molar-refractivity contribution is 9.10. The molecule has 1 amide bonds. The van der Waals surface area contributed by atoms with Crippen molar-refractivity contribution in [2.45, 2.75) is 13.5 Å². The van der Waals surface area contributed by atoms with Gasteiger partial charge in [-0.25, -0.2) is 4.39 Å². The number of carbonyl (C=O) groups is 1. The van der Waals surface area contributed by atoms with Gasteiger partial charge in [0.15, 0.2) is 0 Å². The van der Waals surface area contributed by atoms with Crippen molar-refractivity contribution in [2.75, 3.05) is 0 Å². The summed E-state index contributed by atoms with van der Waals surface area (Å²) in [4.78, 5) is 11.8. The van der Waals surface area contributed by atoms with Crippen molar-refractivity contribution >= 4 is 21.8 Å². The topological polar surface area (TPSA) is 42.2 Å². The van der Waals surface area contributed by atoms with E-state index in [2.05, 4.69) is 21.2 Å². The van der Waals surface area contributed by atoms with Crippen molar-refractivity contribution in [3.63, 3.8) is 0 Å². The minimum Gasteiger partial charge on any atom is -0.465 e. The fourth-order valence-electron chi connectivity index (χ4n) is 1.52. The van der Waals surface area contributed by atoms with Crippen LogP contribution >= 0.6 is 15.9 Å². The third-order valence-corrected chi connectivity index (χ3v) is 3.03. The van der Waals surface area contributed by atoms with E-state index in [-0.39, 0.29) is 16.6 Å².